The van der Waals surface area contributed by atoms with Crippen LogP contribution in [0.4, 0.5) is 0 Å². The summed E-state index contributed by atoms with van der Waals surface area (Å²) in [6, 6.07) is 6.57. The van der Waals surface area contributed by atoms with Gasteiger partial charge in [-0.15, -0.1) is 0 Å². The van der Waals surface area contributed by atoms with Crippen molar-refractivity contribution in [1.82, 2.24) is 19.7 Å². The molecule has 25 heavy (non-hydrogen) atoms. The molecule has 0 radical (unpaired) electrons. The smallest absolute Gasteiger partial charge is 0.359 e. The fourth-order valence-electron chi connectivity index (χ4n) is 2.24. The highest BCUT2D eigenvalue weighted by atomic mass is 35.5. The Morgan fingerprint density at radius 3 is 2.88 bits per heavy atom. The van der Waals surface area contributed by atoms with Crippen LogP contribution in [-0.2, 0) is 11.3 Å². The average Bonchev–Trinajstić information content (AvgIpc) is 2.92. The predicted molar refractivity (Wildman–Crippen MR) is 88.2 cm³/mol. The van der Waals surface area contributed by atoms with Crippen molar-refractivity contribution in [3.63, 3.8) is 0 Å². The summed E-state index contributed by atoms with van der Waals surface area (Å²) in [5.41, 5.74) is 1.64. The van der Waals surface area contributed by atoms with E-state index in [2.05, 4.69) is 15.1 Å². The molecule has 128 valence electrons. The summed E-state index contributed by atoms with van der Waals surface area (Å²) in [5, 5.41) is 16.0. The molecule has 0 saturated carbocycles. The zero-order valence-electron chi connectivity index (χ0n) is 13.5. The fraction of sp³-hybridized carbons (Fsp3) is 0.188. The van der Waals surface area contributed by atoms with E-state index in [0.29, 0.717) is 10.5 Å². The Bertz CT molecular complexity index is 941. The minimum atomic E-state index is -0.751. The second kappa shape index (κ2) is 6.86. The molecule has 3 rings (SSSR count). The van der Waals surface area contributed by atoms with Gasteiger partial charge in [-0.2, -0.15) is 5.10 Å². The van der Waals surface area contributed by atoms with Crippen molar-refractivity contribution in [1.29, 1.82) is 0 Å². The number of carbonyl (C=O) groups is 1. The summed E-state index contributed by atoms with van der Waals surface area (Å²) in [5.74, 6) is -0.251. The van der Waals surface area contributed by atoms with E-state index >= 15 is 0 Å². The standard InChI is InChI=1S/C16H14ClN5O3/c1-10-8-11(2)22(20-10)13-5-4-12(17)15(19-13)16(23)25-9-14-18-6-3-7-21(14)24/h3-8H,9H2,1-2H3. The zero-order valence-corrected chi connectivity index (χ0v) is 14.3. The van der Waals surface area contributed by atoms with Crippen molar-refractivity contribution in [2.24, 2.45) is 0 Å². The van der Waals surface area contributed by atoms with E-state index in [1.54, 1.807) is 16.8 Å². The Labute approximate surface area is 148 Å². The summed E-state index contributed by atoms with van der Waals surface area (Å²) in [7, 11) is 0. The molecular formula is C16H14ClN5O3. The van der Waals surface area contributed by atoms with E-state index < -0.39 is 5.97 Å². The molecule has 0 atom stereocenters. The van der Waals surface area contributed by atoms with Crippen molar-refractivity contribution in [2.45, 2.75) is 20.5 Å². The van der Waals surface area contributed by atoms with E-state index in [1.807, 2.05) is 19.9 Å². The Morgan fingerprint density at radius 2 is 2.20 bits per heavy atom. The third kappa shape index (κ3) is 3.58. The highest BCUT2D eigenvalue weighted by molar-refractivity contribution is 6.33. The first-order chi connectivity index (χ1) is 12.0. The lowest BCUT2D eigenvalue weighted by molar-refractivity contribution is -0.620. The molecule has 0 aromatic carbocycles. The number of hydrogen-bond donors (Lipinski definition) is 0. The molecule has 0 amide bonds. The van der Waals surface area contributed by atoms with Crippen molar-refractivity contribution < 1.29 is 14.3 Å². The second-order valence-corrected chi connectivity index (χ2v) is 5.68. The van der Waals surface area contributed by atoms with Gasteiger partial charge < -0.3 is 9.94 Å². The lowest BCUT2D eigenvalue weighted by Gasteiger charge is -2.09. The Balaban J connectivity index is 1.84. The maximum atomic E-state index is 12.3. The largest absolute Gasteiger partial charge is 0.711 e. The Hall–Kier alpha value is -3.00. The van der Waals surface area contributed by atoms with Crippen LogP contribution in [-0.4, -0.2) is 25.7 Å². The first-order valence-corrected chi connectivity index (χ1v) is 7.74. The summed E-state index contributed by atoms with van der Waals surface area (Å²) >= 11 is 6.06. The number of halogens is 1. The molecule has 3 heterocycles. The molecule has 0 saturated heterocycles. The topological polar surface area (TPSA) is 96.8 Å². The number of rotatable bonds is 4. The van der Waals surface area contributed by atoms with Crippen LogP contribution in [0.1, 0.15) is 27.7 Å². The van der Waals surface area contributed by atoms with Crippen LogP contribution >= 0.6 is 11.6 Å². The van der Waals surface area contributed by atoms with Gasteiger partial charge in [-0.1, -0.05) is 11.6 Å². The summed E-state index contributed by atoms with van der Waals surface area (Å²) < 4.78 is 7.23. The minimum Gasteiger partial charge on any atom is -0.711 e. The summed E-state index contributed by atoms with van der Waals surface area (Å²) in [6.07, 6.45) is 2.71. The average molecular weight is 360 g/mol. The van der Waals surface area contributed by atoms with Gasteiger partial charge in [0.05, 0.1) is 16.9 Å². The molecule has 0 N–H and O–H groups in total. The van der Waals surface area contributed by atoms with E-state index in [4.69, 9.17) is 16.3 Å². The number of aromatic nitrogens is 5. The highest BCUT2D eigenvalue weighted by Crippen LogP contribution is 2.18. The van der Waals surface area contributed by atoms with Crippen LogP contribution in [0.5, 0.6) is 0 Å². The monoisotopic (exact) mass is 359 g/mol. The van der Waals surface area contributed by atoms with E-state index in [0.717, 1.165) is 11.4 Å². The lowest BCUT2D eigenvalue weighted by atomic mass is 10.3. The van der Waals surface area contributed by atoms with Crippen LogP contribution in [0.25, 0.3) is 5.82 Å². The third-order valence-corrected chi connectivity index (χ3v) is 3.67. The molecule has 9 heteroatoms. The molecule has 8 nitrogen and oxygen atoms in total. The van der Waals surface area contributed by atoms with Gasteiger partial charge in [0.1, 0.15) is 6.20 Å². The fourth-order valence-corrected chi connectivity index (χ4v) is 2.42. The molecule has 0 aliphatic heterocycles. The summed E-state index contributed by atoms with van der Waals surface area (Å²) in [6.45, 7) is 3.45. The van der Waals surface area contributed by atoms with Gasteiger partial charge >= 0.3 is 11.8 Å². The maximum Gasteiger partial charge on any atom is 0.359 e. The van der Waals surface area contributed by atoms with E-state index in [1.165, 1.54) is 18.5 Å². The first-order valence-electron chi connectivity index (χ1n) is 7.36. The van der Waals surface area contributed by atoms with Gasteiger partial charge in [0.15, 0.2) is 18.1 Å². The lowest BCUT2D eigenvalue weighted by Crippen LogP contribution is -2.33. The number of carbonyl (C=O) groups excluding carboxylic acids is 1. The van der Waals surface area contributed by atoms with Crippen LogP contribution in [0.15, 0.2) is 36.7 Å². The third-order valence-electron chi connectivity index (χ3n) is 3.37. The highest BCUT2D eigenvalue weighted by Gasteiger charge is 2.18. The van der Waals surface area contributed by atoms with Gasteiger partial charge in [0.2, 0.25) is 0 Å². The maximum absolute atomic E-state index is 12.3. The number of pyridine rings is 1. The second-order valence-electron chi connectivity index (χ2n) is 5.28. The minimum absolute atomic E-state index is 0.0555. The van der Waals surface area contributed by atoms with E-state index in [-0.39, 0.29) is 23.1 Å². The molecule has 3 aromatic rings. The van der Waals surface area contributed by atoms with Gasteiger partial charge in [0, 0.05) is 11.8 Å². The van der Waals surface area contributed by atoms with Crippen molar-refractivity contribution in [3.8, 4) is 5.82 Å². The van der Waals surface area contributed by atoms with E-state index in [9.17, 15) is 10.0 Å². The molecule has 0 aliphatic rings. The number of ether oxygens (including phenoxy) is 1. The Morgan fingerprint density at radius 1 is 1.40 bits per heavy atom. The number of hydrogen-bond acceptors (Lipinski definition) is 6. The van der Waals surface area contributed by atoms with Gasteiger partial charge in [-0.3, -0.25) is 0 Å². The summed E-state index contributed by atoms with van der Waals surface area (Å²) in [4.78, 5) is 20.4. The Kier molecular flexibility index (Phi) is 4.62. The molecule has 0 spiro atoms. The van der Waals surface area contributed by atoms with Gasteiger partial charge in [-0.05, 0) is 37.0 Å². The number of nitrogens with zero attached hydrogens (tertiary/aromatic N) is 5. The predicted octanol–water partition coefficient (Wildman–Crippen LogP) is 1.92. The van der Waals surface area contributed by atoms with Crippen molar-refractivity contribution in [3.05, 3.63) is 69.8 Å². The first kappa shape index (κ1) is 16.8. The van der Waals surface area contributed by atoms with Crippen LogP contribution in [0.2, 0.25) is 5.02 Å². The van der Waals surface area contributed by atoms with Gasteiger partial charge in [-0.25, -0.2) is 19.2 Å². The zero-order chi connectivity index (χ0) is 18.0. The SMILES string of the molecule is Cc1cc(C)n(-c2ccc(Cl)c(C(=O)OCc3nccc[n+]3[O-])n2)n1. The van der Waals surface area contributed by atoms with Crippen LogP contribution in [0.3, 0.4) is 0 Å². The van der Waals surface area contributed by atoms with Crippen LogP contribution in [0, 0.1) is 19.1 Å². The molecule has 0 bridgehead atoms. The molecule has 0 unspecified atom stereocenters. The molecule has 3 aromatic heterocycles. The van der Waals surface area contributed by atoms with Crippen molar-refractivity contribution >= 4 is 17.6 Å². The number of esters is 1. The number of aryl methyl sites for hydroxylation is 2. The van der Waals surface area contributed by atoms with Crippen LogP contribution < -0.4 is 4.73 Å². The normalized spacial score (nSPS) is 10.7. The molecular weight excluding hydrogens is 346 g/mol. The van der Waals surface area contributed by atoms with Crippen molar-refractivity contribution in [2.75, 3.05) is 0 Å². The quantitative estimate of drug-likeness (QED) is 0.401. The molecule has 0 aliphatic carbocycles. The molecule has 0 fully saturated rings. The van der Waals surface area contributed by atoms with Gasteiger partial charge in [0.25, 0.3) is 0 Å².